The molecule has 0 saturated carbocycles. The van der Waals surface area contributed by atoms with Crippen molar-refractivity contribution in [3.8, 4) is 11.4 Å². The Hall–Kier alpha value is -2.66. The van der Waals surface area contributed by atoms with Crippen LogP contribution in [0.5, 0.6) is 5.75 Å². The largest absolute Gasteiger partial charge is 0.497 e. The van der Waals surface area contributed by atoms with E-state index >= 15 is 0 Å². The molecule has 0 N–H and O–H groups in total. The van der Waals surface area contributed by atoms with Gasteiger partial charge in [-0.1, -0.05) is 0 Å². The second-order valence-electron chi connectivity index (χ2n) is 6.78. The molecule has 26 heavy (non-hydrogen) atoms. The van der Waals surface area contributed by atoms with Crippen molar-refractivity contribution < 1.29 is 4.74 Å². The van der Waals surface area contributed by atoms with Crippen molar-refractivity contribution in [2.75, 3.05) is 20.2 Å². The minimum Gasteiger partial charge on any atom is -0.497 e. The number of hydrogen-bond donors (Lipinski definition) is 0. The smallest absolute Gasteiger partial charge is 0.119 e. The average molecular weight is 348 g/mol. The van der Waals surface area contributed by atoms with Crippen molar-refractivity contribution in [2.45, 2.75) is 25.3 Å². The summed E-state index contributed by atoms with van der Waals surface area (Å²) < 4.78 is 7.37. The zero-order valence-corrected chi connectivity index (χ0v) is 15.1. The van der Waals surface area contributed by atoms with E-state index < -0.39 is 0 Å². The summed E-state index contributed by atoms with van der Waals surface area (Å²) in [6, 6.07) is 12.5. The Labute approximate surface area is 154 Å². The van der Waals surface area contributed by atoms with E-state index in [0.717, 1.165) is 31.1 Å². The van der Waals surface area contributed by atoms with E-state index in [1.54, 1.807) is 7.11 Å². The molecule has 0 bridgehead atoms. The Balaban J connectivity index is 1.48. The number of pyridine rings is 1. The molecule has 3 aromatic rings. The minimum absolute atomic E-state index is 0.644. The molecule has 5 nitrogen and oxygen atoms in total. The highest BCUT2D eigenvalue weighted by Gasteiger charge is 2.21. The van der Waals surface area contributed by atoms with Crippen molar-refractivity contribution in [1.29, 1.82) is 0 Å². The third-order valence-electron chi connectivity index (χ3n) is 5.20. The molecule has 0 spiro atoms. The first kappa shape index (κ1) is 16.8. The molecule has 1 aromatic carbocycles. The quantitative estimate of drug-likeness (QED) is 0.706. The maximum atomic E-state index is 5.44. The van der Waals surface area contributed by atoms with Crippen molar-refractivity contribution in [1.82, 2.24) is 19.7 Å². The van der Waals surface area contributed by atoms with Crippen molar-refractivity contribution in [3.63, 3.8) is 0 Å². The highest BCUT2D eigenvalue weighted by Crippen LogP contribution is 2.29. The summed E-state index contributed by atoms with van der Waals surface area (Å²) in [5.74, 6) is 1.53. The summed E-state index contributed by atoms with van der Waals surface area (Å²) >= 11 is 0. The van der Waals surface area contributed by atoms with Crippen LogP contribution in [0.4, 0.5) is 0 Å². The van der Waals surface area contributed by atoms with Gasteiger partial charge in [0.05, 0.1) is 12.8 Å². The number of likely N-dealkylation sites (tertiary alicyclic amines) is 1. The lowest BCUT2D eigenvalue weighted by Gasteiger charge is -2.32. The van der Waals surface area contributed by atoms with E-state index in [1.165, 1.54) is 24.0 Å². The monoisotopic (exact) mass is 348 g/mol. The van der Waals surface area contributed by atoms with Gasteiger partial charge in [0.2, 0.25) is 0 Å². The zero-order chi connectivity index (χ0) is 17.8. The first-order valence-electron chi connectivity index (χ1n) is 9.12. The molecule has 0 aliphatic carbocycles. The summed E-state index contributed by atoms with van der Waals surface area (Å²) in [6.07, 6.45) is 9.97. The van der Waals surface area contributed by atoms with Crippen molar-refractivity contribution in [3.05, 3.63) is 72.3 Å². The van der Waals surface area contributed by atoms with Crippen molar-refractivity contribution in [2.24, 2.45) is 0 Å². The third-order valence-corrected chi connectivity index (χ3v) is 5.20. The fourth-order valence-electron chi connectivity index (χ4n) is 3.75. The van der Waals surface area contributed by atoms with Gasteiger partial charge in [-0.15, -0.1) is 0 Å². The SMILES string of the molecule is COc1ccc(-n2cccn2)c(CN2CCC(c3ccncc3)CC2)c1. The summed E-state index contributed by atoms with van der Waals surface area (Å²) in [5, 5.41) is 4.40. The second kappa shape index (κ2) is 7.70. The molecule has 4 rings (SSSR count). The molecular weight excluding hydrogens is 324 g/mol. The minimum atomic E-state index is 0.644. The molecule has 5 heteroatoms. The fourth-order valence-corrected chi connectivity index (χ4v) is 3.75. The normalized spacial score (nSPS) is 15.9. The van der Waals surface area contributed by atoms with E-state index in [4.69, 9.17) is 4.74 Å². The first-order valence-corrected chi connectivity index (χ1v) is 9.12. The third kappa shape index (κ3) is 3.63. The molecule has 0 amide bonds. The number of nitrogens with zero attached hydrogens (tertiary/aromatic N) is 4. The van der Waals surface area contributed by atoms with Gasteiger partial charge in [0.15, 0.2) is 0 Å². The number of benzene rings is 1. The molecule has 0 radical (unpaired) electrons. The van der Waals surface area contributed by atoms with Gasteiger partial charge < -0.3 is 4.74 Å². The number of rotatable bonds is 5. The van der Waals surface area contributed by atoms with Gasteiger partial charge in [0, 0.05) is 31.3 Å². The van der Waals surface area contributed by atoms with E-state index in [9.17, 15) is 0 Å². The summed E-state index contributed by atoms with van der Waals surface area (Å²) in [4.78, 5) is 6.66. The maximum Gasteiger partial charge on any atom is 0.119 e. The Kier molecular flexibility index (Phi) is 4.97. The molecule has 0 atom stereocenters. The molecule has 2 aromatic heterocycles. The molecule has 1 fully saturated rings. The second-order valence-corrected chi connectivity index (χ2v) is 6.78. The number of hydrogen-bond acceptors (Lipinski definition) is 4. The average Bonchev–Trinajstić information content (AvgIpc) is 3.24. The van der Waals surface area contributed by atoms with Gasteiger partial charge in [0.25, 0.3) is 0 Å². The molecule has 3 heterocycles. The topological polar surface area (TPSA) is 43.2 Å². The molecule has 0 unspecified atom stereocenters. The Morgan fingerprint density at radius 2 is 1.88 bits per heavy atom. The van der Waals surface area contributed by atoms with Crippen LogP contribution in [0.25, 0.3) is 5.69 Å². The predicted molar refractivity (Wildman–Crippen MR) is 102 cm³/mol. The molecule has 1 aliphatic heterocycles. The van der Waals surface area contributed by atoms with Crippen LogP contribution in [0.1, 0.15) is 29.9 Å². The van der Waals surface area contributed by atoms with Crippen LogP contribution in [-0.2, 0) is 6.54 Å². The summed E-state index contributed by atoms with van der Waals surface area (Å²) in [5.41, 5.74) is 3.78. The molecule has 134 valence electrons. The Bertz CT molecular complexity index is 824. The Morgan fingerprint density at radius 3 is 2.58 bits per heavy atom. The lowest BCUT2D eigenvalue weighted by Crippen LogP contribution is -2.32. The van der Waals surface area contributed by atoms with E-state index in [0.29, 0.717) is 5.92 Å². The van der Waals surface area contributed by atoms with E-state index in [2.05, 4.69) is 39.2 Å². The van der Waals surface area contributed by atoms with Gasteiger partial charge in [-0.3, -0.25) is 9.88 Å². The van der Waals surface area contributed by atoms with Crippen LogP contribution in [0.3, 0.4) is 0 Å². The Morgan fingerprint density at radius 1 is 1.08 bits per heavy atom. The van der Waals surface area contributed by atoms with Crippen LogP contribution < -0.4 is 4.74 Å². The van der Waals surface area contributed by atoms with E-state index in [-0.39, 0.29) is 0 Å². The summed E-state index contributed by atoms with van der Waals surface area (Å²) in [6.45, 7) is 3.11. The number of ether oxygens (including phenoxy) is 1. The van der Waals surface area contributed by atoms with E-state index in [1.807, 2.05) is 41.6 Å². The van der Waals surface area contributed by atoms with Gasteiger partial charge in [0.1, 0.15) is 5.75 Å². The number of methoxy groups -OCH3 is 1. The fraction of sp³-hybridized carbons (Fsp3) is 0.333. The standard InChI is InChI=1S/C21H24N4O/c1-26-20-3-4-21(25-12-2-9-23-25)19(15-20)16-24-13-7-18(8-14-24)17-5-10-22-11-6-17/h2-6,9-12,15,18H,7-8,13-14,16H2,1H3. The van der Waals surface area contributed by atoms with Crippen LogP contribution in [-0.4, -0.2) is 39.9 Å². The van der Waals surface area contributed by atoms with Crippen LogP contribution >= 0.6 is 0 Å². The molecular formula is C21H24N4O. The first-order chi connectivity index (χ1) is 12.8. The number of piperidine rings is 1. The van der Waals surface area contributed by atoms with Crippen LogP contribution in [0.15, 0.2) is 61.2 Å². The maximum absolute atomic E-state index is 5.44. The van der Waals surface area contributed by atoms with Gasteiger partial charge >= 0.3 is 0 Å². The van der Waals surface area contributed by atoms with Gasteiger partial charge in [-0.25, -0.2) is 4.68 Å². The van der Waals surface area contributed by atoms with Gasteiger partial charge in [-0.2, -0.15) is 5.10 Å². The highest BCUT2D eigenvalue weighted by molar-refractivity contribution is 5.45. The lowest BCUT2D eigenvalue weighted by molar-refractivity contribution is 0.204. The molecule has 1 saturated heterocycles. The van der Waals surface area contributed by atoms with Gasteiger partial charge in [-0.05, 0) is 79.4 Å². The number of aromatic nitrogens is 3. The summed E-state index contributed by atoms with van der Waals surface area (Å²) in [7, 11) is 1.72. The van der Waals surface area contributed by atoms with Crippen LogP contribution in [0.2, 0.25) is 0 Å². The predicted octanol–water partition coefficient (Wildman–Crippen LogP) is 3.66. The highest BCUT2D eigenvalue weighted by atomic mass is 16.5. The van der Waals surface area contributed by atoms with Crippen molar-refractivity contribution >= 4 is 0 Å². The molecule has 1 aliphatic rings. The zero-order valence-electron chi connectivity index (χ0n) is 15.1. The van der Waals surface area contributed by atoms with Crippen LogP contribution in [0, 0.1) is 0 Å². The lowest BCUT2D eigenvalue weighted by atomic mass is 9.90.